The first-order chi connectivity index (χ1) is 19.5. The topological polar surface area (TPSA) is 132 Å². The highest BCUT2D eigenvalue weighted by molar-refractivity contribution is 6.08. The number of ether oxygens (including phenoxy) is 1. The van der Waals surface area contributed by atoms with Crippen LogP contribution >= 0.6 is 0 Å². The number of aromatic amines is 1. The molecule has 1 aromatic carbocycles. The Kier molecular flexibility index (Phi) is 7.02. The molecule has 2 aromatic heterocycles. The standard InChI is InChI=1S/C29H33N7O4/c1-18-23(17-32-28-25(18)30-11-16-40-28)34-22-9-10-31-26(37)24(22)27(38)33-20-5-7-21(8-6-20)35-12-14-36(15-13-35)29(39)19-3-2-4-19/h5-10,17,19,30H,2-4,11-16H2,1H3,(H,33,38)(H2,31,34,37). The molecule has 40 heavy (non-hydrogen) atoms. The quantitative estimate of drug-likeness (QED) is 0.372. The molecule has 1 saturated heterocycles. The van der Waals surface area contributed by atoms with Gasteiger partial charge in [-0.05, 0) is 50.1 Å². The van der Waals surface area contributed by atoms with Crippen molar-refractivity contribution in [2.75, 3.05) is 60.2 Å². The average molecular weight is 544 g/mol. The van der Waals surface area contributed by atoms with E-state index in [4.69, 9.17) is 4.74 Å². The number of benzene rings is 1. The van der Waals surface area contributed by atoms with Crippen LogP contribution in [-0.2, 0) is 4.79 Å². The lowest BCUT2D eigenvalue weighted by atomic mass is 9.84. The fourth-order valence-electron chi connectivity index (χ4n) is 5.35. The number of aromatic nitrogens is 2. The Bertz CT molecular complexity index is 1470. The predicted molar refractivity (Wildman–Crippen MR) is 154 cm³/mol. The molecule has 2 aliphatic heterocycles. The number of carbonyl (C=O) groups is 2. The summed E-state index contributed by atoms with van der Waals surface area (Å²) in [6, 6.07) is 9.20. The molecular formula is C29H33N7O4. The van der Waals surface area contributed by atoms with Gasteiger partial charge in [0.05, 0.1) is 17.6 Å². The molecule has 0 radical (unpaired) electrons. The van der Waals surface area contributed by atoms with Gasteiger partial charge in [0.25, 0.3) is 11.5 Å². The molecule has 11 heteroatoms. The van der Waals surface area contributed by atoms with Gasteiger partial charge in [-0.3, -0.25) is 14.4 Å². The van der Waals surface area contributed by atoms with E-state index in [1.54, 1.807) is 12.3 Å². The van der Waals surface area contributed by atoms with Crippen molar-refractivity contribution in [2.45, 2.75) is 26.2 Å². The number of nitrogens with zero attached hydrogens (tertiary/aromatic N) is 3. The summed E-state index contributed by atoms with van der Waals surface area (Å²) < 4.78 is 5.59. The summed E-state index contributed by atoms with van der Waals surface area (Å²) in [6.07, 6.45) is 6.34. The maximum Gasteiger partial charge on any atom is 0.263 e. The second-order valence-electron chi connectivity index (χ2n) is 10.4. The number of piperazine rings is 1. The summed E-state index contributed by atoms with van der Waals surface area (Å²) in [6.45, 7) is 6.14. The van der Waals surface area contributed by atoms with Crippen LogP contribution in [0.4, 0.5) is 28.4 Å². The number of H-pyrrole nitrogens is 1. The summed E-state index contributed by atoms with van der Waals surface area (Å²) in [5.74, 6) is 0.542. The maximum absolute atomic E-state index is 13.3. The van der Waals surface area contributed by atoms with Crippen molar-refractivity contribution in [1.29, 1.82) is 0 Å². The number of rotatable bonds is 6. The molecule has 0 bridgehead atoms. The van der Waals surface area contributed by atoms with Crippen LogP contribution in [0.3, 0.4) is 0 Å². The summed E-state index contributed by atoms with van der Waals surface area (Å²) in [7, 11) is 0. The molecule has 2 fully saturated rings. The van der Waals surface area contributed by atoms with Gasteiger partial charge in [-0.2, -0.15) is 0 Å². The third-order valence-electron chi connectivity index (χ3n) is 7.94. The second kappa shape index (κ2) is 10.9. The number of fused-ring (bicyclic) bond motifs is 1. The number of hydrogen-bond acceptors (Lipinski definition) is 8. The fraction of sp³-hybridized carbons (Fsp3) is 0.379. The van der Waals surface area contributed by atoms with Gasteiger partial charge >= 0.3 is 0 Å². The molecule has 6 rings (SSSR count). The van der Waals surface area contributed by atoms with Gasteiger partial charge in [0.2, 0.25) is 11.8 Å². The lowest BCUT2D eigenvalue weighted by molar-refractivity contribution is -0.138. The van der Waals surface area contributed by atoms with Crippen molar-refractivity contribution in [1.82, 2.24) is 14.9 Å². The molecule has 2 amide bonds. The van der Waals surface area contributed by atoms with Crippen LogP contribution in [0.2, 0.25) is 0 Å². The van der Waals surface area contributed by atoms with Crippen molar-refractivity contribution >= 4 is 40.3 Å². The highest BCUT2D eigenvalue weighted by Gasteiger charge is 2.31. The summed E-state index contributed by atoms with van der Waals surface area (Å²) in [4.78, 5) is 49.7. The van der Waals surface area contributed by atoms with Crippen LogP contribution in [0.25, 0.3) is 0 Å². The molecule has 4 heterocycles. The third kappa shape index (κ3) is 5.06. The van der Waals surface area contributed by atoms with Crippen molar-refractivity contribution in [3.8, 4) is 5.88 Å². The molecule has 1 saturated carbocycles. The Morgan fingerprint density at radius 2 is 1.82 bits per heavy atom. The molecule has 0 spiro atoms. The van der Waals surface area contributed by atoms with Crippen LogP contribution in [0.5, 0.6) is 5.88 Å². The molecule has 11 nitrogen and oxygen atoms in total. The van der Waals surface area contributed by atoms with E-state index in [1.807, 2.05) is 36.1 Å². The van der Waals surface area contributed by atoms with Gasteiger partial charge in [-0.15, -0.1) is 0 Å². The number of anilines is 5. The van der Waals surface area contributed by atoms with Gasteiger partial charge in [0.1, 0.15) is 17.9 Å². The first kappa shape index (κ1) is 25.7. The monoisotopic (exact) mass is 543 g/mol. The Hall–Kier alpha value is -4.54. The van der Waals surface area contributed by atoms with E-state index in [0.717, 1.165) is 62.4 Å². The third-order valence-corrected chi connectivity index (χ3v) is 7.94. The largest absolute Gasteiger partial charge is 0.474 e. The predicted octanol–water partition coefficient (Wildman–Crippen LogP) is 3.33. The number of carbonyl (C=O) groups excluding carboxylic acids is 2. The molecule has 0 unspecified atom stereocenters. The van der Waals surface area contributed by atoms with Crippen molar-refractivity contribution in [2.24, 2.45) is 5.92 Å². The van der Waals surface area contributed by atoms with E-state index in [0.29, 0.717) is 42.0 Å². The zero-order valence-electron chi connectivity index (χ0n) is 22.5. The summed E-state index contributed by atoms with van der Waals surface area (Å²) in [5, 5.41) is 9.34. The molecule has 4 N–H and O–H groups in total. The van der Waals surface area contributed by atoms with E-state index in [1.165, 1.54) is 6.20 Å². The van der Waals surface area contributed by atoms with E-state index in [9.17, 15) is 14.4 Å². The fourth-order valence-corrected chi connectivity index (χ4v) is 5.35. The first-order valence-electron chi connectivity index (χ1n) is 13.8. The number of amides is 2. The molecular weight excluding hydrogens is 510 g/mol. The van der Waals surface area contributed by atoms with Gasteiger partial charge in [-0.1, -0.05) is 6.42 Å². The zero-order chi connectivity index (χ0) is 27.6. The van der Waals surface area contributed by atoms with Crippen molar-refractivity contribution in [3.05, 3.63) is 64.2 Å². The Balaban J connectivity index is 1.12. The minimum atomic E-state index is -0.523. The Morgan fingerprint density at radius 3 is 2.55 bits per heavy atom. The van der Waals surface area contributed by atoms with Crippen LogP contribution in [-0.4, -0.2) is 66.0 Å². The molecule has 0 atom stereocenters. The van der Waals surface area contributed by atoms with E-state index >= 15 is 0 Å². The first-order valence-corrected chi connectivity index (χ1v) is 13.8. The molecule has 3 aliphatic rings. The van der Waals surface area contributed by atoms with Crippen molar-refractivity contribution in [3.63, 3.8) is 0 Å². The number of pyridine rings is 2. The molecule has 1 aliphatic carbocycles. The van der Waals surface area contributed by atoms with Gasteiger partial charge in [0, 0.05) is 61.8 Å². The lowest BCUT2D eigenvalue weighted by Crippen LogP contribution is -2.51. The maximum atomic E-state index is 13.3. The van der Waals surface area contributed by atoms with E-state index < -0.39 is 11.5 Å². The molecule has 3 aromatic rings. The lowest BCUT2D eigenvalue weighted by Gasteiger charge is -2.39. The molecule has 208 valence electrons. The Labute approximate surface area is 231 Å². The average Bonchev–Trinajstić information content (AvgIpc) is 2.94. The highest BCUT2D eigenvalue weighted by atomic mass is 16.5. The Morgan fingerprint density at radius 1 is 1.05 bits per heavy atom. The van der Waals surface area contributed by atoms with E-state index in [-0.39, 0.29) is 11.5 Å². The normalized spacial score (nSPS) is 16.7. The van der Waals surface area contributed by atoms with Crippen LogP contribution < -0.4 is 31.1 Å². The van der Waals surface area contributed by atoms with Crippen LogP contribution in [0, 0.1) is 12.8 Å². The van der Waals surface area contributed by atoms with Gasteiger partial charge in [0.15, 0.2) is 0 Å². The minimum Gasteiger partial charge on any atom is -0.474 e. The number of hydrogen-bond donors (Lipinski definition) is 4. The number of nitrogens with one attached hydrogen (secondary N) is 4. The van der Waals surface area contributed by atoms with Gasteiger partial charge in [-0.25, -0.2) is 4.98 Å². The zero-order valence-corrected chi connectivity index (χ0v) is 22.5. The summed E-state index contributed by atoms with van der Waals surface area (Å²) >= 11 is 0. The van der Waals surface area contributed by atoms with Gasteiger partial charge < -0.3 is 35.5 Å². The minimum absolute atomic E-state index is 0.0276. The summed E-state index contributed by atoms with van der Waals surface area (Å²) in [5.41, 5.74) is 3.78. The second-order valence-corrected chi connectivity index (χ2v) is 10.4. The smallest absolute Gasteiger partial charge is 0.263 e. The van der Waals surface area contributed by atoms with E-state index in [2.05, 4.69) is 30.8 Å². The van der Waals surface area contributed by atoms with Crippen molar-refractivity contribution < 1.29 is 14.3 Å². The SMILES string of the molecule is Cc1c(Nc2cc[nH]c(=O)c2C(=O)Nc2ccc(N3CCN(C(=O)C4CCC4)CC3)cc2)cnc2c1NCCO2. The van der Waals surface area contributed by atoms with Crippen LogP contribution in [0.15, 0.2) is 47.5 Å². The van der Waals surface area contributed by atoms with Crippen LogP contribution in [0.1, 0.15) is 35.2 Å². The highest BCUT2D eigenvalue weighted by Crippen LogP contribution is 2.34.